The van der Waals surface area contributed by atoms with Gasteiger partial charge in [0.2, 0.25) is 5.88 Å². The Labute approximate surface area is 138 Å². The Balaban J connectivity index is 2.20. The summed E-state index contributed by atoms with van der Waals surface area (Å²) < 4.78 is 11.8. The summed E-state index contributed by atoms with van der Waals surface area (Å²) in [6.07, 6.45) is 1.65. The number of nitrogens with zero attached hydrogens (tertiary/aromatic N) is 2. The van der Waals surface area contributed by atoms with Crippen LogP contribution in [0.1, 0.15) is 18.1 Å². The molecule has 4 nitrogen and oxygen atoms in total. The van der Waals surface area contributed by atoms with Crippen LogP contribution in [0.3, 0.4) is 0 Å². The Hall–Kier alpha value is -2.16. The van der Waals surface area contributed by atoms with E-state index < -0.39 is 13.9 Å². The molecule has 0 fully saturated rings. The molecule has 0 bridgehead atoms. The predicted octanol–water partition coefficient (Wildman–Crippen LogP) is 4.77. The molecule has 0 aliphatic heterocycles. The lowest BCUT2D eigenvalue weighted by atomic mass is 10.0. The molecule has 0 spiro atoms. The molecule has 0 radical (unpaired) electrons. The van der Waals surface area contributed by atoms with Crippen LogP contribution in [-0.2, 0) is 10.0 Å². The number of aromatic nitrogens is 1. The molecule has 0 saturated heterocycles. The van der Waals surface area contributed by atoms with Crippen molar-refractivity contribution in [2.75, 3.05) is 0 Å². The van der Waals surface area contributed by atoms with Gasteiger partial charge in [0.25, 0.3) is 0 Å². The van der Waals surface area contributed by atoms with Gasteiger partial charge in [0.15, 0.2) is 13.9 Å². The highest BCUT2D eigenvalue weighted by molar-refractivity contribution is 6.69. The van der Waals surface area contributed by atoms with Crippen LogP contribution in [-0.4, -0.2) is 13.3 Å². The molecule has 1 unspecified atom stereocenters. The predicted molar refractivity (Wildman–Crippen MR) is 92.9 cm³/mol. The second-order valence-corrected chi connectivity index (χ2v) is 11.1. The van der Waals surface area contributed by atoms with Gasteiger partial charge in [-0.2, -0.15) is 5.26 Å². The Bertz CT molecular complexity index is 717. The molecule has 2 rings (SSSR count). The number of aryl methyl sites for hydroxylation is 1. The molecule has 0 saturated carbocycles. The molecule has 0 aliphatic rings. The van der Waals surface area contributed by atoms with Gasteiger partial charge in [-0.3, -0.25) is 0 Å². The maximum Gasteiger partial charge on any atom is 0.219 e. The van der Waals surface area contributed by atoms with Crippen LogP contribution in [0.2, 0.25) is 19.6 Å². The first-order valence-electron chi connectivity index (χ1n) is 7.54. The first kappa shape index (κ1) is 17.2. The van der Waals surface area contributed by atoms with Gasteiger partial charge in [0.05, 0.1) is 0 Å². The summed E-state index contributed by atoms with van der Waals surface area (Å²) in [6.45, 7) is 9.97. The number of rotatable bonds is 5. The third-order valence-corrected chi connectivity index (χ3v) is 4.24. The van der Waals surface area contributed by atoms with Crippen LogP contribution in [0, 0.1) is 18.3 Å². The maximum absolute atomic E-state index is 9.53. The largest absolute Gasteiger partial charge is 0.439 e. The fraction of sp³-hybridized carbons (Fsp3) is 0.333. The summed E-state index contributed by atoms with van der Waals surface area (Å²) in [5.41, 5.74) is 0.873. The zero-order valence-electron chi connectivity index (χ0n) is 14.3. The zero-order valence-corrected chi connectivity index (χ0v) is 15.3. The van der Waals surface area contributed by atoms with E-state index in [1.807, 2.05) is 37.3 Å². The van der Waals surface area contributed by atoms with E-state index in [1.165, 1.54) is 0 Å². The summed E-state index contributed by atoms with van der Waals surface area (Å²) >= 11 is 0. The van der Waals surface area contributed by atoms with Gasteiger partial charge < -0.3 is 9.16 Å². The normalized spacial score (nSPS) is 13.9. The SMILES string of the molecule is Cc1cccc(Oc2ccc(C(C)(C#N)O[Si](C)(C)C)cn2)c1. The minimum Gasteiger partial charge on any atom is -0.439 e. The number of pyridine rings is 1. The Morgan fingerprint density at radius 2 is 1.91 bits per heavy atom. The molecule has 120 valence electrons. The quantitative estimate of drug-likeness (QED) is 0.742. The van der Waals surface area contributed by atoms with Crippen molar-refractivity contribution in [1.29, 1.82) is 5.26 Å². The van der Waals surface area contributed by atoms with E-state index in [-0.39, 0.29) is 0 Å². The van der Waals surface area contributed by atoms with Crippen molar-refractivity contribution < 1.29 is 9.16 Å². The van der Waals surface area contributed by atoms with E-state index >= 15 is 0 Å². The Kier molecular flexibility index (Phi) is 4.88. The van der Waals surface area contributed by atoms with Crippen molar-refractivity contribution in [1.82, 2.24) is 4.98 Å². The first-order valence-corrected chi connectivity index (χ1v) is 11.0. The van der Waals surface area contributed by atoms with Crippen LogP contribution in [0.5, 0.6) is 11.6 Å². The van der Waals surface area contributed by atoms with Crippen molar-refractivity contribution >= 4 is 8.32 Å². The van der Waals surface area contributed by atoms with E-state index in [1.54, 1.807) is 19.2 Å². The van der Waals surface area contributed by atoms with Gasteiger partial charge in [-0.1, -0.05) is 12.1 Å². The van der Waals surface area contributed by atoms with Crippen molar-refractivity contribution in [2.45, 2.75) is 39.1 Å². The van der Waals surface area contributed by atoms with Gasteiger partial charge in [-0.25, -0.2) is 4.98 Å². The van der Waals surface area contributed by atoms with Gasteiger partial charge in [0, 0.05) is 17.8 Å². The van der Waals surface area contributed by atoms with Crippen LogP contribution in [0.4, 0.5) is 0 Å². The average molecular weight is 326 g/mol. The monoisotopic (exact) mass is 326 g/mol. The van der Waals surface area contributed by atoms with Gasteiger partial charge in [-0.15, -0.1) is 0 Å². The maximum atomic E-state index is 9.53. The summed E-state index contributed by atoms with van der Waals surface area (Å²) in [5.74, 6) is 1.24. The summed E-state index contributed by atoms with van der Waals surface area (Å²) in [7, 11) is -1.86. The molecule has 2 aromatic rings. The van der Waals surface area contributed by atoms with Crippen LogP contribution in [0.25, 0.3) is 0 Å². The van der Waals surface area contributed by atoms with Crippen molar-refractivity contribution in [3.05, 3.63) is 53.7 Å². The third-order valence-electron chi connectivity index (χ3n) is 3.22. The second-order valence-electron chi connectivity index (χ2n) is 6.66. The molecule has 23 heavy (non-hydrogen) atoms. The second kappa shape index (κ2) is 6.53. The fourth-order valence-corrected chi connectivity index (χ4v) is 3.67. The molecule has 1 aromatic carbocycles. The summed E-state index contributed by atoms with van der Waals surface area (Å²) in [6, 6.07) is 13.6. The number of hydrogen-bond acceptors (Lipinski definition) is 4. The van der Waals surface area contributed by atoms with Crippen molar-refractivity contribution in [3.8, 4) is 17.7 Å². The minimum atomic E-state index is -1.86. The lowest BCUT2D eigenvalue weighted by molar-refractivity contribution is 0.140. The van der Waals surface area contributed by atoms with Gasteiger partial charge in [0.1, 0.15) is 11.8 Å². The van der Waals surface area contributed by atoms with Crippen LogP contribution in [0.15, 0.2) is 42.6 Å². The number of ether oxygens (including phenoxy) is 1. The van der Waals surface area contributed by atoms with E-state index in [0.717, 1.165) is 16.9 Å². The smallest absolute Gasteiger partial charge is 0.219 e. The summed E-state index contributed by atoms with van der Waals surface area (Å²) in [5, 5.41) is 9.53. The van der Waals surface area contributed by atoms with E-state index in [9.17, 15) is 5.26 Å². The number of benzene rings is 1. The van der Waals surface area contributed by atoms with Gasteiger partial charge >= 0.3 is 0 Å². The van der Waals surface area contributed by atoms with E-state index in [0.29, 0.717) is 5.88 Å². The molecule has 1 atom stereocenters. The highest BCUT2D eigenvalue weighted by atomic mass is 28.4. The van der Waals surface area contributed by atoms with Crippen LogP contribution < -0.4 is 4.74 Å². The molecule has 5 heteroatoms. The summed E-state index contributed by atoms with van der Waals surface area (Å²) in [4.78, 5) is 4.31. The molecule has 0 N–H and O–H groups in total. The Morgan fingerprint density at radius 3 is 2.43 bits per heavy atom. The number of hydrogen-bond donors (Lipinski definition) is 0. The molecule has 0 aliphatic carbocycles. The molecular formula is C18H22N2O2Si. The lowest BCUT2D eigenvalue weighted by Gasteiger charge is -2.30. The fourth-order valence-electron chi connectivity index (χ4n) is 2.28. The van der Waals surface area contributed by atoms with Crippen LogP contribution >= 0.6 is 0 Å². The standard InChI is InChI=1S/C18H22N2O2Si/c1-14-7-6-8-16(11-14)21-17-10-9-15(12-20-17)18(2,13-19)22-23(3,4)5/h6-12H,1-5H3. The molecule has 0 amide bonds. The highest BCUT2D eigenvalue weighted by Gasteiger charge is 2.33. The van der Waals surface area contributed by atoms with E-state index in [2.05, 4.69) is 30.7 Å². The minimum absolute atomic E-state index is 0.493. The van der Waals surface area contributed by atoms with Crippen molar-refractivity contribution in [2.24, 2.45) is 0 Å². The third kappa shape index (κ3) is 4.65. The zero-order chi connectivity index (χ0) is 17.1. The first-order chi connectivity index (χ1) is 10.7. The highest BCUT2D eigenvalue weighted by Crippen LogP contribution is 2.29. The topological polar surface area (TPSA) is 55.1 Å². The number of nitriles is 1. The van der Waals surface area contributed by atoms with Gasteiger partial charge in [-0.05, 0) is 57.3 Å². The molecule has 1 aromatic heterocycles. The lowest BCUT2D eigenvalue weighted by Crippen LogP contribution is -2.37. The van der Waals surface area contributed by atoms with Crippen molar-refractivity contribution in [3.63, 3.8) is 0 Å². The van der Waals surface area contributed by atoms with E-state index in [4.69, 9.17) is 9.16 Å². The molecular weight excluding hydrogens is 304 g/mol. The Morgan fingerprint density at radius 1 is 1.17 bits per heavy atom. The average Bonchev–Trinajstić information content (AvgIpc) is 2.46. The molecule has 1 heterocycles.